The molecule has 0 saturated heterocycles. The molecule has 1 aromatic heterocycles. The molecule has 0 aliphatic rings. The minimum atomic E-state index is -1.03. The van der Waals surface area contributed by atoms with Crippen LogP contribution >= 0.6 is 0 Å². The van der Waals surface area contributed by atoms with Crippen molar-refractivity contribution in [1.29, 1.82) is 0 Å². The van der Waals surface area contributed by atoms with Gasteiger partial charge in [0, 0.05) is 17.3 Å². The van der Waals surface area contributed by atoms with E-state index in [4.69, 9.17) is 9.84 Å². The molecular weight excluding hydrogens is 244 g/mol. The van der Waals surface area contributed by atoms with E-state index in [0.29, 0.717) is 5.82 Å². The van der Waals surface area contributed by atoms with Crippen LogP contribution in [-0.2, 0) is 4.79 Å². The van der Waals surface area contributed by atoms with Gasteiger partial charge in [0.1, 0.15) is 0 Å². The third kappa shape index (κ3) is 3.28. The molecule has 0 saturated carbocycles. The van der Waals surface area contributed by atoms with Crippen LogP contribution in [0.1, 0.15) is 12.6 Å². The van der Waals surface area contributed by atoms with Crippen LogP contribution in [0.4, 0.5) is 0 Å². The number of hydrogen-bond donors (Lipinski definition) is 1. The van der Waals surface area contributed by atoms with Crippen molar-refractivity contribution >= 4 is 5.97 Å². The van der Waals surface area contributed by atoms with Crippen molar-refractivity contribution in [1.82, 2.24) is 9.97 Å². The third-order valence-electron chi connectivity index (χ3n) is 2.51. The topological polar surface area (TPSA) is 72.3 Å². The Balaban J connectivity index is 2.32. The van der Waals surface area contributed by atoms with Gasteiger partial charge in [0.05, 0.1) is 0 Å². The third-order valence-corrected chi connectivity index (χ3v) is 2.51. The van der Waals surface area contributed by atoms with E-state index in [9.17, 15) is 4.79 Å². The first-order valence-corrected chi connectivity index (χ1v) is 5.87. The average Bonchev–Trinajstić information content (AvgIpc) is 2.39. The summed E-state index contributed by atoms with van der Waals surface area (Å²) in [6.45, 7) is 3.27. The molecule has 2 rings (SSSR count). The number of aryl methyl sites for hydroxylation is 1. The van der Waals surface area contributed by atoms with E-state index in [0.717, 1.165) is 11.3 Å². The fraction of sp³-hybridized carbons (Fsp3) is 0.214. The molecule has 0 radical (unpaired) electrons. The highest BCUT2D eigenvalue weighted by Gasteiger charge is 2.14. The van der Waals surface area contributed by atoms with Gasteiger partial charge in [-0.05, 0) is 13.8 Å². The molecule has 1 heterocycles. The molecule has 5 nitrogen and oxygen atoms in total. The first kappa shape index (κ1) is 13.0. The van der Waals surface area contributed by atoms with Crippen molar-refractivity contribution < 1.29 is 14.6 Å². The van der Waals surface area contributed by atoms with Gasteiger partial charge in [0.15, 0.2) is 11.9 Å². The monoisotopic (exact) mass is 258 g/mol. The van der Waals surface area contributed by atoms with Crippen LogP contribution in [0.25, 0.3) is 11.4 Å². The maximum Gasteiger partial charge on any atom is 0.344 e. The number of rotatable bonds is 4. The van der Waals surface area contributed by atoms with Crippen molar-refractivity contribution in [2.45, 2.75) is 20.0 Å². The number of carbonyl (C=O) groups is 1. The minimum absolute atomic E-state index is 0.265. The second kappa shape index (κ2) is 5.48. The Bertz CT molecular complexity index is 584. The van der Waals surface area contributed by atoms with Gasteiger partial charge < -0.3 is 9.84 Å². The van der Waals surface area contributed by atoms with Crippen LogP contribution in [0, 0.1) is 6.92 Å². The standard InChI is InChI=1S/C14H14N2O3/c1-9-8-12(19-10(2)14(17)18)16-13(15-9)11-6-4-3-5-7-11/h3-8,10H,1-2H3,(H,17,18). The van der Waals surface area contributed by atoms with Gasteiger partial charge in [-0.1, -0.05) is 30.3 Å². The van der Waals surface area contributed by atoms with E-state index in [1.165, 1.54) is 6.92 Å². The van der Waals surface area contributed by atoms with Crippen LogP contribution in [0.2, 0.25) is 0 Å². The number of aromatic nitrogens is 2. The molecule has 1 unspecified atom stereocenters. The predicted molar refractivity (Wildman–Crippen MR) is 69.9 cm³/mol. The predicted octanol–water partition coefficient (Wildman–Crippen LogP) is 2.30. The highest BCUT2D eigenvalue weighted by atomic mass is 16.5. The molecule has 0 aliphatic carbocycles. The van der Waals surface area contributed by atoms with E-state index in [2.05, 4.69) is 9.97 Å². The van der Waals surface area contributed by atoms with Crippen molar-refractivity contribution in [2.75, 3.05) is 0 Å². The first-order valence-electron chi connectivity index (χ1n) is 5.87. The Kier molecular flexibility index (Phi) is 3.75. The summed E-state index contributed by atoms with van der Waals surface area (Å²) < 4.78 is 5.27. The molecular formula is C14H14N2O3. The first-order chi connectivity index (χ1) is 9.06. The van der Waals surface area contributed by atoms with Gasteiger partial charge in [0.25, 0.3) is 0 Å². The molecule has 0 amide bonds. The summed E-state index contributed by atoms with van der Waals surface area (Å²) in [6.07, 6.45) is -0.946. The summed E-state index contributed by atoms with van der Waals surface area (Å²) in [5, 5.41) is 8.83. The Morgan fingerprint density at radius 3 is 2.58 bits per heavy atom. The number of carboxylic acid groups (broad SMARTS) is 1. The summed E-state index contributed by atoms with van der Waals surface area (Å²) in [4.78, 5) is 19.3. The number of nitrogens with zero attached hydrogens (tertiary/aromatic N) is 2. The Morgan fingerprint density at radius 2 is 1.95 bits per heavy atom. The van der Waals surface area contributed by atoms with E-state index >= 15 is 0 Å². The molecule has 1 aromatic carbocycles. The van der Waals surface area contributed by atoms with Crippen molar-refractivity contribution in [3.05, 3.63) is 42.1 Å². The zero-order valence-corrected chi connectivity index (χ0v) is 10.7. The fourth-order valence-electron chi connectivity index (χ4n) is 1.55. The SMILES string of the molecule is Cc1cc(OC(C)C(=O)O)nc(-c2ccccc2)n1. The van der Waals surface area contributed by atoms with E-state index < -0.39 is 12.1 Å². The van der Waals surface area contributed by atoms with Gasteiger partial charge in [-0.15, -0.1) is 0 Å². The van der Waals surface area contributed by atoms with Gasteiger partial charge >= 0.3 is 5.97 Å². The van der Waals surface area contributed by atoms with Gasteiger partial charge in [-0.3, -0.25) is 0 Å². The molecule has 1 atom stereocenters. The highest BCUT2D eigenvalue weighted by Crippen LogP contribution is 2.19. The van der Waals surface area contributed by atoms with E-state index in [1.807, 2.05) is 37.3 Å². The summed E-state index contributed by atoms with van der Waals surface area (Å²) in [5.41, 5.74) is 1.58. The molecule has 1 N–H and O–H groups in total. The van der Waals surface area contributed by atoms with Gasteiger partial charge in [-0.25, -0.2) is 9.78 Å². The second-order valence-corrected chi connectivity index (χ2v) is 4.14. The molecule has 98 valence electrons. The van der Waals surface area contributed by atoms with Crippen molar-refractivity contribution in [3.63, 3.8) is 0 Å². The molecule has 0 aliphatic heterocycles. The van der Waals surface area contributed by atoms with Crippen LogP contribution < -0.4 is 4.74 Å². The van der Waals surface area contributed by atoms with Crippen molar-refractivity contribution in [3.8, 4) is 17.3 Å². The number of hydrogen-bond acceptors (Lipinski definition) is 4. The molecule has 2 aromatic rings. The molecule has 0 bridgehead atoms. The van der Waals surface area contributed by atoms with E-state index in [1.54, 1.807) is 6.07 Å². The lowest BCUT2D eigenvalue weighted by molar-refractivity contribution is -0.144. The molecule has 0 fully saturated rings. The Morgan fingerprint density at radius 1 is 1.26 bits per heavy atom. The summed E-state index contributed by atoms with van der Waals surface area (Å²) >= 11 is 0. The Labute approximate surface area is 110 Å². The van der Waals surface area contributed by atoms with Crippen molar-refractivity contribution in [2.24, 2.45) is 0 Å². The zero-order chi connectivity index (χ0) is 13.8. The van der Waals surface area contributed by atoms with Crippen LogP contribution in [0.15, 0.2) is 36.4 Å². The summed E-state index contributed by atoms with van der Waals surface area (Å²) in [5.74, 6) is -0.244. The maximum atomic E-state index is 10.8. The van der Waals surface area contributed by atoms with E-state index in [-0.39, 0.29) is 5.88 Å². The lowest BCUT2D eigenvalue weighted by Gasteiger charge is -2.11. The summed E-state index contributed by atoms with van der Waals surface area (Å²) in [6, 6.07) is 11.1. The lowest BCUT2D eigenvalue weighted by Crippen LogP contribution is -2.23. The smallest absolute Gasteiger partial charge is 0.344 e. The molecule has 0 spiro atoms. The van der Waals surface area contributed by atoms with Gasteiger partial charge in [-0.2, -0.15) is 4.98 Å². The van der Waals surface area contributed by atoms with Gasteiger partial charge in [0.2, 0.25) is 5.88 Å². The number of carboxylic acids is 1. The number of ether oxygens (including phenoxy) is 1. The largest absolute Gasteiger partial charge is 0.479 e. The molecule has 19 heavy (non-hydrogen) atoms. The quantitative estimate of drug-likeness (QED) is 0.911. The minimum Gasteiger partial charge on any atom is -0.479 e. The summed E-state index contributed by atoms with van der Waals surface area (Å²) in [7, 11) is 0. The normalized spacial score (nSPS) is 11.9. The molecule has 5 heteroatoms. The number of aliphatic carboxylic acids is 1. The fourth-order valence-corrected chi connectivity index (χ4v) is 1.55. The lowest BCUT2D eigenvalue weighted by atomic mass is 10.2. The second-order valence-electron chi connectivity index (χ2n) is 4.14. The van der Waals surface area contributed by atoms with Crippen LogP contribution in [0.3, 0.4) is 0 Å². The highest BCUT2D eigenvalue weighted by molar-refractivity contribution is 5.72. The maximum absolute atomic E-state index is 10.8. The Hall–Kier alpha value is -2.43. The van der Waals surface area contributed by atoms with Crippen LogP contribution in [0.5, 0.6) is 5.88 Å². The number of benzene rings is 1. The average molecular weight is 258 g/mol. The zero-order valence-electron chi connectivity index (χ0n) is 10.7. The van der Waals surface area contributed by atoms with Crippen LogP contribution in [-0.4, -0.2) is 27.1 Å².